The second kappa shape index (κ2) is 10.9. The summed E-state index contributed by atoms with van der Waals surface area (Å²) in [5.41, 5.74) is 14.9. The summed E-state index contributed by atoms with van der Waals surface area (Å²) in [5.74, 6) is 0. The summed E-state index contributed by atoms with van der Waals surface area (Å²) in [6.45, 7) is 4.28. The van der Waals surface area contributed by atoms with Gasteiger partial charge in [0.15, 0.2) is 0 Å². The molecule has 0 aliphatic heterocycles. The van der Waals surface area contributed by atoms with Crippen molar-refractivity contribution in [2.24, 2.45) is 0 Å². The Morgan fingerprint density at radius 2 is 0.872 bits per heavy atom. The maximum absolute atomic E-state index is 2.45. The van der Waals surface area contributed by atoms with Gasteiger partial charge < -0.3 is 9.13 Å². The normalized spacial score (nSPS) is 11.7. The number of rotatable bonds is 5. The van der Waals surface area contributed by atoms with Crippen LogP contribution in [0, 0.1) is 13.8 Å². The number of nitrogens with zero attached hydrogens (tertiary/aromatic N) is 2. The molecule has 0 spiro atoms. The van der Waals surface area contributed by atoms with Gasteiger partial charge in [-0.25, -0.2) is 0 Å². The number of hydrogen-bond donors (Lipinski definition) is 0. The van der Waals surface area contributed by atoms with Gasteiger partial charge in [-0.05, 0) is 85.0 Å². The second-order valence-corrected chi connectivity index (χ2v) is 12.8. The Bertz CT molecular complexity index is 2560. The van der Waals surface area contributed by atoms with Crippen molar-refractivity contribution in [3.05, 3.63) is 180 Å². The van der Waals surface area contributed by atoms with Crippen LogP contribution in [0.15, 0.2) is 158 Å². The Labute approximate surface area is 274 Å². The van der Waals surface area contributed by atoms with Crippen LogP contribution in [0.5, 0.6) is 0 Å². The third-order valence-electron chi connectivity index (χ3n) is 9.70. The van der Waals surface area contributed by atoms with Crippen LogP contribution in [0.25, 0.3) is 66.1 Å². The fourth-order valence-electron chi connectivity index (χ4n) is 7.31. The SMILES string of the molecule is Cc1ccc(Cc2ccc(-c3ccc(-n4c5ccccc5c5c4ccc4c6ccccc6n(-c6ccc(C)cc6)c45)cc3)cc2)cc1. The summed E-state index contributed by atoms with van der Waals surface area (Å²) in [5, 5.41) is 5.09. The van der Waals surface area contributed by atoms with E-state index >= 15 is 0 Å². The Morgan fingerprint density at radius 1 is 0.383 bits per heavy atom. The molecule has 2 heterocycles. The van der Waals surface area contributed by atoms with Crippen molar-refractivity contribution in [3.63, 3.8) is 0 Å². The van der Waals surface area contributed by atoms with Gasteiger partial charge in [0.05, 0.1) is 22.1 Å². The topological polar surface area (TPSA) is 9.86 Å². The molecular formula is C45H34N2. The molecule has 0 aliphatic rings. The summed E-state index contributed by atoms with van der Waals surface area (Å²) in [7, 11) is 0. The van der Waals surface area contributed by atoms with E-state index in [9.17, 15) is 0 Å². The first-order valence-corrected chi connectivity index (χ1v) is 16.4. The van der Waals surface area contributed by atoms with Crippen LogP contribution in [0.2, 0.25) is 0 Å². The lowest BCUT2D eigenvalue weighted by molar-refractivity contribution is 1.17. The molecule has 9 aromatic rings. The molecule has 0 fully saturated rings. The zero-order chi connectivity index (χ0) is 31.5. The average Bonchev–Trinajstić information content (AvgIpc) is 3.63. The van der Waals surface area contributed by atoms with Gasteiger partial charge in [-0.2, -0.15) is 0 Å². The van der Waals surface area contributed by atoms with Gasteiger partial charge in [-0.1, -0.05) is 126 Å². The lowest BCUT2D eigenvalue weighted by Gasteiger charge is -2.11. The molecule has 0 unspecified atom stereocenters. The molecule has 0 amide bonds. The minimum Gasteiger partial charge on any atom is -0.309 e. The lowest BCUT2D eigenvalue weighted by atomic mass is 10.00. The smallest absolute Gasteiger partial charge is 0.0641 e. The summed E-state index contributed by atoms with van der Waals surface area (Å²) in [6.07, 6.45) is 0.948. The number of benzene rings is 7. The highest BCUT2D eigenvalue weighted by atomic mass is 15.0. The largest absolute Gasteiger partial charge is 0.309 e. The number of aryl methyl sites for hydroxylation is 2. The van der Waals surface area contributed by atoms with E-state index in [1.807, 2.05) is 0 Å². The van der Waals surface area contributed by atoms with Crippen molar-refractivity contribution in [3.8, 4) is 22.5 Å². The number of fused-ring (bicyclic) bond motifs is 7. The summed E-state index contributed by atoms with van der Waals surface area (Å²) in [6, 6.07) is 58.0. The molecule has 2 nitrogen and oxygen atoms in total. The minimum absolute atomic E-state index is 0.948. The Kier molecular flexibility index (Phi) is 6.36. The van der Waals surface area contributed by atoms with Crippen LogP contribution in [0.1, 0.15) is 22.3 Å². The predicted molar refractivity (Wildman–Crippen MR) is 199 cm³/mol. The molecule has 0 atom stereocenters. The van der Waals surface area contributed by atoms with E-state index in [0.717, 1.165) is 12.1 Å². The summed E-state index contributed by atoms with van der Waals surface area (Å²) in [4.78, 5) is 0. The number of hydrogen-bond acceptors (Lipinski definition) is 0. The van der Waals surface area contributed by atoms with Gasteiger partial charge in [0.1, 0.15) is 0 Å². The third kappa shape index (κ3) is 4.56. The zero-order valence-electron chi connectivity index (χ0n) is 26.6. The Hall–Kier alpha value is -5.86. The maximum atomic E-state index is 2.45. The number of para-hydroxylation sites is 2. The van der Waals surface area contributed by atoms with Gasteiger partial charge in [-0.15, -0.1) is 0 Å². The van der Waals surface area contributed by atoms with E-state index in [4.69, 9.17) is 0 Å². The molecule has 2 aromatic heterocycles. The van der Waals surface area contributed by atoms with Crippen molar-refractivity contribution in [1.29, 1.82) is 0 Å². The maximum Gasteiger partial charge on any atom is 0.0641 e. The molecule has 9 rings (SSSR count). The molecule has 0 saturated carbocycles. The first-order chi connectivity index (χ1) is 23.1. The molecule has 7 aromatic carbocycles. The molecule has 0 N–H and O–H groups in total. The fourth-order valence-corrected chi connectivity index (χ4v) is 7.31. The van der Waals surface area contributed by atoms with Gasteiger partial charge in [0.2, 0.25) is 0 Å². The molecule has 0 bridgehead atoms. The minimum atomic E-state index is 0.948. The lowest BCUT2D eigenvalue weighted by Crippen LogP contribution is -1.95. The van der Waals surface area contributed by atoms with Crippen LogP contribution < -0.4 is 0 Å². The predicted octanol–water partition coefficient (Wildman–Crippen LogP) is 11.8. The van der Waals surface area contributed by atoms with E-state index in [2.05, 4.69) is 181 Å². The molecule has 0 aliphatic carbocycles. The molecule has 0 saturated heterocycles. The van der Waals surface area contributed by atoms with Crippen molar-refractivity contribution in [1.82, 2.24) is 9.13 Å². The van der Waals surface area contributed by atoms with Gasteiger partial charge in [0, 0.05) is 32.9 Å². The van der Waals surface area contributed by atoms with E-state index in [0.29, 0.717) is 0 Å². The van der Waals surface area contributed by atoms with Crippen LogP contribution >= 0.6 is 0 Å². The third-order valence-corrected chi connectivity index (χ3v) is 9.70. The zero-order valence-corrected chi connectivity index (χ0v) is 26.6. The van der Waals surface area contributed by atoms with Crippen LogP contribution in [-0.4, -0.2) is 9.13 Å². The van der Waals surface area contributed by atoms with Crippen molar-refractivity contribution < 1.29 is 0 Å². The second-order valence-electron chi connectivity index (χ2n) is 12.8. The highest BCUT2D eigenvalue weighted by Gasteiger charge is 2.20. The highest BCUT2D eigenvalue weighted by Crippen LogP contribution is 2.42. The Morgan fingerprint density at radius 3 is 1.53 bits per heavy atom. The van der Waals surface area contributed by atoms with Gasteiger partial charge in [-0.3, -0.25) is 0 Å². The van der Waals surface area contributed by atoms with Crippen molar-refractivity contribution >= 4 is 43.6 Å². The highest BCUT2D eigenvalue weighted by molar-refractivity contribution is 6.26. The Balaban J connectivity index is 1.17. The van der Waals surface area contributed by atoms with E-state index in [1.165, 1.54) is 82.7 Å². The van der Waals surface area contributed by atoms with Crippen LogP contribution in [0.3, 0.4) is 0 Å². The summed E-state index contributed by atoms with van der Waals surface area (Å²) >= 11 is 0. The molecule has 0 radical (unpaired) electrons. The van der Waals surface area contributed by atoms with Crippen LogP contribution in [0.4, 0.5) is 0 Å². The van der Waals surface area contributed by atoms with Crippen LogP contribution in [-0.2, 0) is 6.42 Å². The molecule has 224 valence electrons. The number of aromatic nitrogens is 2. The first kappa shape index (κ1) is 27.5. The van der Waals surface area contributed by atoms with Crippen molar-refractivity contribution in [2.75, 3.05) is 0 Å². The quantitative estimate of drug-likeness (QED) is 0.185. The molecule has 2 heteroatoms. The molecule has 47 heavy (non-hydrogen) atoms. The summed E-state index contributed by atoms with van der Waals surface area (Å²) < 4.78 is 4.88. The van der Waals surface area contributed by atoms with Crippen molar-refractivity contribution in [2.45, 2.75) is 20.3 Å². The molecular weight excluding hydrogens is 569 g/mol. The first-order valence-electron chi connectivity index (χ1n) is 16.4. The van der Waals surface area contributed by atoms with Gasteiger partial charge >= 0.3 is 0 Å². The van der Waals surface area contributed by atoms with E-state index in [1.54, 1.807) is 0 Å². The average molecular weight is 603 g/mol. The standard InChI is InChI=1S/C45H34N2/c1-30-11-15-32(16-12-30)29-33-17-19-34(20-18-33)35-21-25-36(26-22-35)46-42-10-6-4-8-40(42)44-43(46)28-27-39-38-7-3-5-9-41(38)47(45(39)44)37-23-13-31(2)14-24-37/h3-28H,29H2,1-2H3. The van der Waals surface area contributed by atoms with E-state index < -0.39 is 0 Å². The van der Waals surface area contributed by atoms with E-state index in [-0.39, 0.29) is 0 Å². The van der Waals surface area contributed by atoms with Gasteiger partial charge in [0.25, 0.3) is 0 Å². The monoisotopic (exact) mass is 602 g/mol. The fraction of sp³-hybridized carbons (Fsp3) is 0.0667.